The normalized spacial score (nSPS) is 10.1. The lowest BCUT2D eigenvalue weighted by molar-refractivity contribution is 0.427. The third-order valence-corrected chi connectivity index (χ3v) is 1.95. The van der Waals surface area contributed by atoms with E-state index in [9.17, 15) is 4.39 Å². The molecule has 5 heteroatoms. The van der Waals surface area contributed by atoms with Crippen molar-refractivity contribution in [2.24, 2.45) is 0 Å². The fraction of sp³-hybridized carbons (Fsp3) is 0.0909. The molecule has 1 aromatic carbocycles. The minimum atomic E-state index is -0.442. The first-order valence-corrected chi connectivity index (χ1v) is 4.67. The molecule has 0 aliphatic carbocycles. The molecule has 0 fully saturated rings. The van der Waals surface area contributed by atoms with Gasteiger partial charge in [-0.25, -0.2) is 9.37 Å². The highest BCUT2D eigenvalue weighted by atomic mass is 19.1. The summed E-state index contributed by atoms with van der Waals surface area (Å²) in [6.45, 7) is 1.85. The number of ether oxygens (including phenoxy) is 1. The van der Waals surface area contributed by atoms with Gasteiger partial charge in [-0.05, 0) is 24.6 Å². The Kier molecular flexibility index (Phi) is 2.68. The van der Waals surface area contributed by atoms with Gasteiger partial charge < -0.3 is 10.5 Å². The zero-order valence-electron chi connectivity index (χ0n) is 8.64. The molecule has 0 aliphatic rings. The van der Waals surface area contributed by atoms with E-state index in [0.717, 1.165) is 5.56 Å². The zero-order chi connectivity index (χ0) is 11.5. The van der Waals surface area contributed by atoms with Gasteiger partial charge in [-0.1, -0.05) is 6.07 Å². The van der Waals surface area contributed by atoms with Crippen LogP contribution >= 0.6 is 0 Å². The number of rotatable bonds is 2. The summed E-state index contributed by atoms with van der Waals surface area (Å²) >= 11 is 0. The van der Waals surface area contributed by atoms with Gasteiger partial charge in [-0.15, -0.1) is 0 Å². The minimum Gasteiger partial charge on any atom is -0.436 e. The molecule has 2 aromatic rings. The van der Waals surface area contributed by atoms with Crippen LogP contribution in [0.3, 0.4) is 0 Å². The van der Waals surface area contributed by atoms with E-state index in [-0.39, 0.29) is 17.6 Å². The van der Waals surface area contributed by atoms with Crippen molar-refractivity contribution >= 4 is 5.95 Å². The van der Waals surface area contributed by atoms with E-state index < -0.39 is 5.82 Å². The van der Waals surface area contributed by atoms with Crippen molar-refractivity contribution < 1.29 is 9.13 Å². The zero-order valence-corrected chi connectivity index (χ0v) is 8.64. The standard InChI is InChI=1S/C11H10FN3O/c1-7-2-3-8(12)9(6-7)16-10-4-5-14-11(13)15-10/h2-6H,1H3,(H2,13,14,15). The summed E-state index contributed by atoms with van der Waals surface area (Å²) in [4.78, 5) is 7.53. The molecule has 16 heavy (non-hydrogen) atoms. The molecule has 0 unspecified atom stereocenters. The average molecular weight is 219 g/mol. The number of nitrogens with zero attached hydrogens (tertiary/aromatic N) is 2. The van der Waals surface area contributed by atoms with E-state index in [1.807, 2.05) is 6.92 Å². The smallest absolute Gasteiger partial charge is 0.224 e. The Morgan fingerprint density at radius 1 is 1.31 bits per heavy atom. The molecule has 0 amide bonds. The molecule has 82 valence electrons. The van der Waals surface area contributed by atoms with Crippen LogP contribution in [-0.2, 0) is 0 Å². The second-order valence-corrected chi connectivity index (χ2v) is 3.29. The predicted molar refractivity (Wildman–Crippen MR) is 57.7 cm³/mol. The van der Waals surface area contributed by atoms with Gasteiger partial charge in [-0.3, -0.25) is 0 Å². The fourth-order valence-electron chi connectivity index (χ4n) is 1.21. The Balaban J connectivity index is 2.30. The molecule has 2 rings (SSSR count). The topological polar surface area (TPSA) is 61.0 Å². The number of benzene rings is 1. The van der Waals surface area contributed by atoms with E-state index in [0.29, 0.717) is 0 Å². The van der Waals surface area contributed by atoms with Crippen LogP contribution in [0.25, 0.3) is 0 Å². The Bertz CT molecular complexity index is 516. The second-order valence-electron chi connectivity index (χ2n) is 3.29. The monoisotopic (exact) mass is 219 g/mol. The van der Waals surface area contributed by atoms with Crippen molar-refractivity contribution in [3.8, 4) is 11.6 Å². The summed E-state index contributed by atoms with van der Waals surface area (Å²) in [5.41, 5.74) is 6.29. The van der Waals surface area contributed by atoms with Gasteiger partial charge in [0.05, 0.1) is 0 Å². The van der Waals surface area contributed by atoms with Crippen molar-refractivity contribution in [1.29, 1.82) is 0 Å². The Morgan fingerprint density at radius 2 is 2.12 bits per heavy atom. The average Bonchev–Trinajstić information content (AvgIpc) is 2.24. The molecule has 4 nitrogen and oxygen atoms in total. The van der Waals surface area contributed by atoms with Gasteiger partial charge in [0.25, 0.3) is 0 Å². The maximum Gasteiger partial charge on any atom is 0.224 e. The summed E-state index contributed by atoms with van der Waals surface area (Å²) < 4.78 is 18.6. The number of hydrogen-bond donors (Lipinski definition) is 1. The summed E-state index contributed by atoms with van der Waals surface area (Å²) in [5, 5.41) is 0. The number of halogens is 1. The van der Waals surface area contributed by atoms with Crippen molar-refractivity contribution in [2.75, 3.05) is 5.73 Å². The lowest BCUT2D eigenvalue weighted by Gasteiger charge is -2.06. The van der Waals surface area contributed by atoms with Gasteiger partial charge in [-0.2, -0.15) is 4.98 Å². The largest absolute Gasteiger partial charge is 0.436 e. The highest BCUT2D eigenvalue weighted by Gasteiger charge is 2.06. The SMILES string of the molecule is Cc1ccc(F)c(Oc2ccnc(N)n2)c1. The molecule has 0 atom stereocenters. The molecular weight excluding hydrogens is 209 g/mol. The highest BCUT2D eigenvalue weighted by molar-refractivity contribution is 5.33. The number of aromatic nitrogens is 2. The molecule has 0 saturated carbocycles. The Hall–Kier alpha value is -2.17. The number of aryl methyl sites for hydroxylation is 1. The van der Waals surface area contributed by atoms with Crippen molar-refractivity contribution in [2.45, 2.75) is 6.92 Å². The van der Waals surface area contributed by atoms with Crippen LogP contribution in [0.5, 0.6) is 11.6 Å². The van der Waals surface area contributed by atoms with E-state index in [2.05, 4.69) is 9.97 Å². The van der Waals surface area contributed by atoms with E-state index >= 15 is 0 Å². The number of anilines is 1. The van der Waals surface area contributed by atoms with Crippen LogP contribution in [0, 0.1) is 12.7 Å². The second kappa shape index (κ2) is 4.14. The minimum absolute atomic E-state index is 0.0885. The molecule has 2 N–H and O–H groups in total. The van der Waals surface area contributed by atoms with Crippen molar-refractivity contribution in [3.63, 3.8) is 0 Å². The summed E-state index contributed by atoms with van der Waals surface area (Å²) in [5.74, 6) is -0.0107. The maximum atomic E-state index is 13.4. The molecule has 0 aliphatic heterocycles. The van der Waals surface area contributed by atoms with Gasteiger partial charge >= 0.3 is 0 Å². The van der Waals surface area contributed by atoms with Gasteiger partial charge in [0, 0.05) is 12.3 Å². The highest BCUT2D eigenvalue weighted by Crippen LogP contribution is 2.23. The Morgan fingerprint density at radius 3 is 2.88 bits per heavy atom. The summed E-state index contributed by atoms with van der Waals surface area (Å²) in [6.07, 6.45) is 1.45. The Labute approximate surface area is 91.9 Å². The summed E-state index contributed by atoms with van der Waals surface area (Å²) in [7, 11) is 0. The molecule has 1 aromatic heterocycles. The van der Waals surface area contributed by atoms with Crippen LogP contribution in [0.15, 0.2) is 30.5 Å². The van der Waals surface area contributed by atoms with Crippen molar-refractivity contribution in [1.82, 2.24) is 9.97 Å². The predicted octanol–water partition coefficient (Wildman–Crippen LogP) is 2.30. The molecule has 0 spiro atoms. The van der Waals surface area contributed by atoms with E-state index in [4.69, 9.17) is 10.5 Å². The van der Waals surface area contributed by atoms with E-state index in [1.165, 1.54) is 18.3 Å². The number of nitrogens with two attached hydrogens (primary N) is 1. The van der Waals surface area contributed by atoms with Crippen molar-refractivity contribution in [3.05, 3.63) is 41.8 Å². The molecule has 0 saturated heterocycles. The first-order valence-electron chi connectivity index (χ1n) is 4.67. The van der Waals surface area contributed by atoms with Crippen LogP contribution in [0.1, 0.15) is 5.56 Å². The van der Waals surface area contributed by atoms with Crippen LogP contribution in [0.4, 0.5) is 10.3 Å². The first-order chi connectivity index (χ1) is 7.65. The lowest BCUT2D eigenvalue weighted by atomic mass is 10.2. The summed E-state index contributed by atoms with van der Waals surface area (Å²) in [6, 6.07) is 6.11. The van der Waals surface area contributed by atoms with Crippen LogP contribution < -0.4 is 10.5 Å². The third kappa shape index (κ3) is 2.25. The first kappa shape index (κ1) is 10.4. The number of hydrogen-bond acceptors (Lipinski definition) is 4. The van der Waals surface area contributed by atoms with Crippen LogP contribution in [-0.4, -0.2) is 9.97 Å². The fourth-order valence-corrected chi connectivity index (χ4v) is 1.21. The molecular formula is C11H10FN3O. The van der Waals surface area contributed by atoms with Crippen LogP contribution in [0.2, 0.25) is 0 Å². The van der Waals surface area contributed by atoms with Gasteiger partial charge in [0.2, 0.25) is 11.8 Å². The number of nitrogen functional groups attached to an aromatic ring is 1. The van der Waals surface area contributed by atoms with E-state index in [1.54, 1.807) is 12.1 Å². The maximum absolute atomic E-state index is 13.4. The molecule has 0 bridgehead atoms. The molecule has 1 heterocycles. The lowest BCUT2D eigenvalue weighted by Crippen LogP contribution is -1.97. The van der Waals surface area contributed by atoms with Gasteiger partial charge in [0.15, 0.2) is 11.6 Å². The van der Waals surface area contributed by atoms with Gasteiger partial charge in [0.1, 0.15) is 0 Å². The third-order valence-electron chi connectivity index (χ3n) is 1.95. The quantitative estimate of drug-likeness (QED) is 0.841. The molecule has 0 radical (unpaired) electrons.